The van der Waals surface area contributed by atoms with Crippen LogP contribution in [0.15, 0.2) is 0 Å². The average molecular weight is 208 g/mol. The molecule has 3 atom stereocenters. The summed E-state index contributed by atoms with van der Waals surface area (Å²) in [5.74, 6) is 1.48. The van der Waals surface area contributed by atoms with Crippen LogP contribution in [0.3, 0.4) is 0 Å². The summed E-state index contributed by atoms with van der Waals surface area (Å²) in [5.41, 5.74) is 0.542. The van der Waals surface area contributed by atoms with Gasteiger partial charge in [-0.3, -0.25) is 4.79 Å². The van der Waals surface area contributed by atoms with Gasteiger partial charge in [0.05, 0.1) is 0 Å². The predicted molar refractivity (Wildman–Crippen MR) is 62.6 cm³/mol. The van der Waals surface area contributed by atoms with Gasteiger partial charge in [-0.1, -0.05) is 34.1 Å². The zero-order valence-corrected chi connectivity index (χ0v) is 10.6. The molecule has 86 valence electrons. The summed E-state index contributed by atoms with van der Waals surface area (Å²) in [6, 6.07) is 0. The molecule has 2 fully saturated rings. The molecule has 0 spiro atoms. The van der Waals surface area contributed by atoms with E-state index in [-0.39, 0.29) is 5.41 Å². The number of Topliss-reactive ketones (excluding diaryl/α,β-unsaturated/α-hetero) is 1. The van der Waals surface area contributed by atoms with Crippen molar-refractivity contribution in [3.63, 3.8) is 0 Å². The van der Waals surface area contributed by atoms with Crippen molar-refractivity contribution in [3.8, 4) is 0 Å². The van der Waals surface area contributed by atoms with Crippen LogP contribution in [-0.4, -0.2) is 5.78 Å². The zero-order valence-electron chi connectivity index (χ0n) is 10.6. The van der Waals surface area contributed by atoms with Gasteiger partial charge in [-0.25, -0.2) is 0 Å². The Morgan fingerprint density at radius 3 is 2.53 bits per heavy atom. The SMILES string of the molecule is CC1CC(=O)C2C(C)(C)CCCC2(C)C1. The highest BCUT2D eigenvalue weighted by molar-refractivity contribution is 5.83. The first-order valence-electron chi connectivity index (χ1n) is 6.38. The largest absolute Gasteiger partial charge is 0.299 e. The zero-order chi connectivity index (χ0) is 11.3. The minimum absolute atomic E-state index is 0.240. The first-order valence-corrected chi connectivity index (χ1v) is 6.38. The average Bonchev–Trinajstić information content (AvgIpc) is 1.97. The maximum absolute atomic E-state index is 12.3. The van der Waals surface area contributed by atoms with Crippen LogP contribution in [0.2, 0.25) is 0 Å². The van der Waals surface area contributed by atoms with Crippen LogP contribution in [0.5, 0.6) is 0 Å². The lowest BCUT2D eigenvalue weighted by Gasteiger charge is -2.53. The molecular weight excluding hydrogens is 184 g/mol. The molecule has 0 radical (unpaired) electrons. The predicted octanol–water partition coefficient (Wildman–Crippen LogP) is 3.82. The molecule has 2 rings (SSSR count). The first kappa shape index (κ1) is 11.2. The van der Waals surface area contributed by atoms with E-state index in [9.17, 15) is 4.79 Å². The maximum atomic E-state index is 12.3. The van der Waals surface area contributed by atoms with Gasteiger partial charge < -0.3 is 0 Å². The Labute approximate surface area is 93.6 Å². The van der Waals surface area contributed by atoms with Crippen molar-refractivity contribution in [2.45, 2.75) is 59.8 Å². The Morgan fingerprint density at radius 2 is 1.87 bits per heavy atom. The molecule has 0 aliphatic heterocycles. The fourth-order valence-electron chi connectivity index (χ4n) is 4.55. The van der Waals surface area contributed by atoms with Crippen molar-refractivity contribution in [2.75, 3.05) is 0 Å². The van der Waals surface area contributed by atoms with E-state index in [2.05, 4.69) is 27.7 Å². The Balaban J connectivity index is 2.34. The molecule has 0 aromatic carbocycles. The summed E-state index contributed by atoms with van der Waals surface area (Å²) in [6.07, 6.45) is 5.88. The Morgan fingerprint density at radius 1 is 1.20 bits per heavy atom. The van der Waals surface area contributed by atoms with E-state index in [4.69, 9.17) is 0 Å². The van der Waals surface area contributed by atoms with Gasteiger partial charge in [0.2, 0.25) is 0 Å². The van der Waals surface area contributed by atoms with Crippen LogP contribution in [0.1, 0.15) is 59.8 Å². The summed E-state index contributed by atoms with van der Waals surface area (Å²) in [4.78, 5) is 12.3. The van der Waals surface area contributed by atoms with E-state index in [1.54, 1.807) is 0 Å². The van der Waals surface area contributed by atoms with E-state index >= 15 is 0 Å². The van der Waals surface area contributed by atoms with Gasteiger partial charge in [-0.15, -0.1) is 0 Å². The van der Waals surface area contributed by atoms with Crippen LogP contribution in [0, 0.1) is 22.7 Å². The molecule has 3 unspecified atom stereocenters. The van der Waals surface area contributed by atoms with Crippen molar-refractivity contribution in [1.82, 2.24) is 0 Å². The van der Waals surface area contributed by atoms with Crippen molar-refractivity contribution in [2.24, 2.45) is 22.7 Å². The number of ketones is 1. The molecule has 0 heterocycles. The number of fused-ring (bicyclic) bond motifs is 1. The summed E-state index contributed by atoms with van der Waals surface area (Å²) >= 11 is 0. The van der Waals surface area contributed by atoms with Gasteiger partial charge in [-0.05, 0) is 36.0 Å². The number of rotatable bonds is 0. The minimum atomic E-state index is 0.240. The van der Waals surface area contributed by atoms with Gasteiger partial charge in [-0.2, -0.15) is 0 Å². The van der Waals surface area contributed by atoms with Gasteiger partial charge in [0.25, 0.3) is 0 Å². The van der Waals surface area contributed by atoms with Crippen LogP contribution < -0.4 is 0 Å². The van der Waals surface area contributed by atoms with Crippen molar-refractivity contribution in [1.29, 1.82) is 0 Å². The molecule has 2 saturated carbocycles. The molecule has 15 heavy (non-hydrogen) atoms. The van der Waals surface area contributed by atoms with Gasteiger partial charge in [0, 0.05) is 12.3 Å². The first-order chi connectivity index (χ1) is 6.85. The smallest absolute Gasteiger partial charge is 0.137 e. The second kappa shape index (κ2) is 3.33. The van der Waals surface area contributed by atoms with Crippen LogP contribution in [0.25, 0.3) is 0 Å². The molecule has 0 N–H and O–H groups in total. The van der Waals surface area contributed by atoms with Crippen LogP contribution in [0.4, 0.5) is 0 Å². The number of hydrogen-bond donors (Lipinski definition) is 0. The highest BCUT2D eigenvalue weighted by Crippen LogP contribution is 2.57. The molecule has 0 bridgehead atoms. The number of hydrogen-bond acceptors (Lipinski definition) is 1. The topological polar surface area (TPSA) is 17.1 Å². The minimum Gasteiger partial charge on any atom is -0.299 e. The van der Waals surface area contributed by atoms with E-state index in [0.717, 1.165) is 6.42 Å². The van der Waals surface area contributed by atoms with Crippen molar-refractivity contribution < 1.29 is 4.79 Å². The molecular formula is C14H24O. The van der Waals surface area contributed by atoms with E-state index in [1.165, 1.54) is 25.7 Å². The van der Waals surface area contributed by atoms with Crippen molar-refractivity contribution >= 4 is 5.78 Å². The second-order valence-corrected chi connectivity index (χ2v) is 6.91. The fraction of sp³-hybridized carbons (Fsp3) is 0.929. The number of carbonyl (C=O) groups is 1. The maximum Gasteiger partial charge on any atom is 0.137 e. The van der Waals surface area contributed by atoms with Crippen LogP contribution >= 0.6 is 0 Å². The van der Waals surface area contributed by atoms with Gasteiger partial charge in [0.1, 0.15) is 5.78 Å². The molecule has 2 aliphatic rings. The highest BCUT2D eigenvalue weighted by atomic mass is 16.1. The lowest BCUT2D eigenvalue weighted by Crippen LogP contribution is -2.50. The highest BCUT2D eigenvalue weighted by Gasteiger charge is 2.52. The fourth-order valence-corrected chi connectivity index (χ4v) is 4.55. The van der Waals surface area contributed by atoms with Gasteiger partial charge in [0.15, 0.2) is 0 Å². The van der Waals surface area contributed by atoms with Crippen LogP contribution in [-0.2, 0) is 4.79 Å². The summed E-state index contributed by atoms with van der Waals surface area (Å²) in [7, 11) is 0. The molecule has 2 aliphatic carbocycles. The molecule has 0 saturated heterocycles. The number of carbonyl (C=O) groups excluding carboxylic acids is 1. The Hall–Kier alpha value is -0.330. The molecule has 0 amide bonds. The van der Waals surface area contributed by atoms with E-state index in [1.807, 2.05) is 0 Å². The lowest BCUT2D eigenvalue weighted by molar-refractivity contribution is -0.144. The second-order valence-electron chi connectivity index (χ2n) is 6.91. The Kier molecular flexibility index (Phi) is 2.48. The normalized spacial score (nSPS) is 44.9. The summed E-state index contributed by atoms with van der Waals surface area (Å²) in [6.45, 7) is 9.18. The lowest BCUT2D eigenvalue weighted by atomic mass is 9.50. The third kappa shape index (κ3) is 1.74. The molecule has 1 heteroatoms. The summed E-state index contributed by atoms with van der Waals surface area (Å²) < 4.78 is 0. The quantitative estimate of drug-likeness (QED) is 0.591. The third-order valence-electron chi connectivity index (χ3n) is 4.73. The monoisotopic (exact) mass is 208 g/mol. The molecule has 0 aromatic rings. The third-order valence-corrected chi connectivity index (χ3v) is 4.73. The van der Waals surface area contributed by atoms with Gasteiger partial charge >= 0.3 is 0 Å². The molecule has 0 aromatic heterocycles. The van der Waals surface area contributed by atoms with E-state index < -0.39 is 0 Å². The molecule has 1 nitrogen and oxygen atoms in total. The standard InChI is InChI=1S/C14H24O/c1-10-8-11(15)12-13(2,3)6-5-7-14(12,4)9-10/h10,12H,5-9H2,1-4H3. The summed E-state index contributed by atoms with van der Waals surface area (Å²) in [5, 5.41) is 0. The Bertz CT molecular complexity index is 279. The van der Waals surface area contributed by atoms with E-state index in [0.29, 0.717) is 23.0 Å². The van der Waals surface area contributed by atoms with Crippen molar-refractivity contribution in [3.05, 3.63) is 0 Å².